The smallest absolute Gasteiger partial charge is 0.257 e. The number of anilines is 1. The molecule has 0 atom stereocenters. The number of piperazine rings is 1. The van der Waals surface area contributed by atoms with Crippen molar-refractivity contribution in [1.29, 1.82) is 0 Å². The van der Waals surface area contributed by atoms with Crippen molar-refractivity contribution in [2.24, 2.45) is 0 Å². The molecule has 1 aliphatic carbocycles. The van der Waals surface area contributed by atoms with E-state index in [0.29, 0.717) is 24.1 Å². The first-order valence-electron chi connectivity index (χ1n) is 10.1. The number of carbonyl (C=O) groups excluding carboxylic acids is 1. The fourth-order valence-corrected chi connectivity index (χ4v) is 4.69. The molecule has 1 saturated heterocycles. The van der Waals surface area contributed by atoms with Gasteiger partial charge < -0.3 is 14.2 Å². The Labute approximate surface area is 173 Å². The molecule has 5 rings (SSSR count). The highest BCUT2D eigenvalue weighted by Crippen LogP contribution is 2.25. The van der Waals surface area contributed by atoms with Crippen LogP contribution in [0.25, 0.3) is 11.1 Å². The molecule has 2 aromatic heterocycles. The summed E-state index contributed by atoms with van der Waals surface area (Å²) in [5, 5.41) is 9.41. The predicted octanol–water partition coefficient (Wildman–Crippen LogP) is 2.94. The Hall–Kier alpha value is -2.61. The summed E-state index contributed by atoms with van der Waals surface area (Å²) in [7, 11) is 0. The Morgan fingerprint density at radius 2 is 1.90 bits per heavy atom. The van der Waals surface area contributed by atoms with Gasteiger partial charge in [-0.2, -0.15) is 5.10 Å². The van der Waals surface area contributed by atoms with Gasteiger partial charge in [0.05, 0.1) is 11.4 Å². The highest BCUT2D eigenvalue weighted by Gasteiger charge is 2.23. The third-order valence-electron chi connectivity index (χ3n) is 5.61. The van der Waals surface area contributed by atoms with Crippen LogP contribution in [-0.2, 0) is 17.6 Å². The van der Waals surface area contributed by atoms with E-state index >= 15 is 0 Å². The SMILES string of the molecule is O=C(CSc1nc2ccccc2o1)N1CCN(c2cc3c(nn2)CCCC3)CC1. The van der Waals surface area contributed by atoms with Crippen molar-refractivity contribution in [3.63, 3.8) is 0 Å². The summed E-state index contributed by atoms with van der Waals surface area (Å²) >= 11 is 1.36. The number of para-hydroxylation sites is 2. The van der Waals surface area contributed by atoms with Gasteiger partial charge in [-0.25, -0.2) is 4.98 Å². The van der Waals surface area contributed by atoms with Crippen LogP contribution in [0, 0.1) is 0 Å². The molecular formula is C21H23N5O2S. The van der Waals surface area contributed by atoms with E-state index in [-0.39, 0.29) is 5.91 Å². The normalized spacial score (nSPS) is 16.8. The molecule has 0 spiro atoms. The van der Waals surface area contributed by atoms with E-state index in [1.165, 1.54) is 30.2 Å². The number of fused-ring (bicyclic) bond motifs is 2. The molecule has 29 heavy (non-hydrogen) atoms. The van der Waals surface area contributed by atoms with Crippen molar-refractivity contribution in [1.82, 2.24) is 20.1 Å². The summed E-state index contributed by atoms with van der Waals surface area (Å²) in [4.78, 5) is 21.2. The van der Waals surface area contributed by atoms with Gasteiger partial charge in [0, 0.05) is 26.2 Å². The number of aromatic nitrogens is 3. The molecule has 3 heterocycles. The lowest BCUT2D eigenvalue weighted by Gasteiger charge is -2.35. The van der Waals surface area contributed by atoms with E-state index < -0.39 is 0 Å². The number of thioether (sulfide) groups is 1. The molecule has 1 aliphatic heterocycles. The maximum absolute atomic E-state index is 12.6. The molecule has 0 unspecified atom stereocenters. The first kappa shape index (κ1) is 18.4. The first-order chi connectivity index (χ1) is 14.3. The van der Waals surface area contributed by atoms with Gasteiger partial charge in [0.1, 0.15) is 5.52 Å². The number of amides is 1. The van der Waals surface area contributed by atoms with Crippen LogP contribution in [0.1, 0.15) is 24.1 Å². The van der Waals surface area contributed by atoms with E-state index in [4.69, 9.17) is 4.42 Å². The molecule has 0 saturated carbocycles. The zero-order valence-electron chi connectivity index (χ0n) is 16.2. The van der Waals surface area contributed by atoms with E-state index in [2.05, 4.69) is 26.1 Å². The van der Waals surface area contributed by atoms with Crippen LogP contribution in [0.4, 0.5) is 5.82 Å². The average Bonchev–Trinajstić information content (AvgIpc) is 3.20. The molecule has 1 aromatic carbocycles. The number of rotatable bonds is 4. The largest absolute Gasteiger partial charge is 0.431 e. The number of hydrogen-bond donors (Lipinski definition) is 0. The predicted molar refractivity (Wildman–Crippen MR) is 112 cm³/mol. The van der Waals surface area contributed by atoms with Crippen LogP contribution in [0.15, 0.2) is 40.0 Å². The second-order valence-electron chi connectivity index (χ2n) is 7.49. The highest BCUT2D eigenvalue weighted by molar-refractivity contribution is 7.99. The number of oxazole rings is 1. The Morgan fingerprint density at radius 1 is 1.07 bits per heavy atom. The summed E-state index contributed by atoms with van der Waals surface area (Å²) in [5.74, 6) is 1.40. The van der Waals surface area contributed by atoms with Crippen LogP contribution in [-0.4, -0.2) is 57.9 Å². The summed E-state index contributed by atoms with van der Waals surface area (Å²) in [6.07, 6.45) is 4.59. The van der Waals surface area contributed by atoms with E-state index in [9.17, 15) is 4.79 Å². The average molecular weight is 410 g/mol. The van der Waals surface area contributed by atoms with Crippen molar-refractivity contribution >= 4 is 34.6 Å². The quantitative estimate of drug-likeness (QED) is 0.613. The van der Waals surface area contributed by atoms with Gasteiger partial charge in [0.2, 0.25) is 5.91 Å². The number of hydrogen-bond acceptors (Lipinski definition) is 7. The van der Waals surface area contributed by atoms with Gasteiger partial charge in [0.15, 0.2) is 11.4 Å². The monoisotopic (exact) mass is 409 g/mol. The molecular weight excluding hydrogens is 386 g/mol. The standard InChI is InChI=1S/C21H23N5O2S/c27-20(14-29-21-22-17-7-3-4-8-18(17)28-21)26-11-9-25(10-12-26)19-13-15-5-1-2-6-16(15)23-24-19/h3-4,7-8,13H,1-2,5-6,9-12,14H2. The third-order valence-corrected chi connectivity index (χ3v) is 6.42. The lowest BCUT2D eigenvalue weighted by atomic mass is 9.97. The lowest BCUT2D eigenvalue weighted by molar-refractivity contribution is -0.128. The minimum absolute atomic E-state index is 0.119. The zero-order valence-corrected chi connectivity index (χ0v) is 17.0. The van der Waals surface area contributed by atoms with Crippen LogP contribution >= 0.6 is 11.8 Å². The molecule has 150 valence electrons. The third kappa shape index (κ3) is 3.94. The van der Waals surface area contributed by atoms with Gasteiger partial charge >= 0.3 is 0 Å². The van der Waals surface area contributed by atoms with Gasteiger partial charge in [-0.3, -0.25) is 4.79 Å². The number of nitrogens with zero attached hydrogens (tertiary/aromatic N) is 5. The Bertz CT molecular complexity index is 996. The number of aryl methyl sites for hydroxylation is 2. The van der Waals surface area contributed by atoms with Crippen LogP contribution in [0.5, 0.6) is 0 Å². The summed E-state index contributed by atoms with van der Waals surface area (Å²) in [6, 6.07) is 9.84. The molecule has 8 heteroatoms. The molecule has 7 nitrogen and oxygen atoms in total. The molecule has 2 aliphatic rings. The van der Waals surface area contributed by atoms with E-state index in [1.54, 1.807) is 0 Å². The van der Waals surface area contributed by atoms with Crippen LogP contribution in [0.2, 0.25) is 0 Å². The van der Waals surface area contributed by atoms with Gasteiger partial charge in [0.25, 0.3) is 5.22 Å². The topological polar surface area (TPSA) is 75.4 Å². The molecule has 0 radical (unpaired) electrons. The Morgan fingerprint density at radius 3 is 2.76 bits per heavy atom. The Balaban J connectivity index is 1.15. The minimum Gasteiger partial charge on any atom is -0.431 e. The second kappa shape index (κ2) is 8.02. The summed E-state index contributed by atoms with van der Waals surface area (Å²) in [5.41, 5.74) is 4.07. The number of carbonyl (C=O) groups is 1. The van der Waals surface area contributed by atoms with Crippen molar-refractivity contribution < 1.29 is 9.21 Å². The zero-order chi connectivity index (χ0) is 19.6. The second-order valence-corrected chi connectivity index (χ2v) is 8.41. The fourth-order valence-electron chi connectivity index (χ4n) is 3.95. The first-order valence-corrected chi connectivity index (χ1v) is 11.1. The van der Waals surface area contributed by atoms with E-state index in [1.807, 2.05) is 29.2 Å². The lowest BCUT2D eigenvalue weighted by Crippen LogP contribution is -2.49. The van der Waals surface area contributed by atoms with Gasteiger partial charge in [-0.1, -0.05) is 23.9 Å². The van der Waals surface area contributed by atoms with Gasteiger partial charge in [-0.15, -0.1) is 5.10 Å². The van der Waals surface area contributed by atoms with Crippen molar-refractivity contribution in [2.45, 2.75) is 30.9 Å². The highest BCUT2D eigenvalue weighted by atomic mass is 32.2. The molecule has 1 fully saturated rings. The van der Waals surface area contributed by atoms with Crippen molar-refractivity contribution in [3.05, 3.63) is 41.6 Å². The summed E-state index contributed by atoms with van der Waals surface area (Å²) < 4.78 is 5.68. The molecule has 0 bridgehead atoms. The summed E-state index contributed by atoms with van der Waals surface area (Å²) in [6.45, 7) is 2.97. The van der Waals surface area contributed by atoms with Crippen molar-refractivity contribution in [3.8, 4) is 0 Å². The molecule has 0 N–H and O–H groups in total. The Kier molecular flexibility index (Phi) is 5.10. The van der Waals surface area contributed by atoms with Crippen molar-refractivity contribution in [2.75, 3.05) is 36.8 Å². The number of benzene rings is 1. The van der Waals surface area contributed by atoms with Crippen LogP contribution in [0.3, 0.4) is 0 Å². The van der Waals surface area contributed by atoms with E-state index in [0.717, 1.165) is 48.5 Å². The van der Waals surface area contributed by atoms with Gasteiger partial charge in [-0.05, 0) is 49.4 Å². The maximum atomic E-state index is 12.6. The minimum atomic E-state index is 0.119. The fraction of sp³-hybridized carbons (Fsp3) is 0.429. The van der Waals surface area contributed by atoms with Crippen LogP contribution < -0.4 is 4.90 Å². The molecule has 3 aromatic rings. The maximum Gasteiger partial charge on any atom is 0.257 e. The molecule has 1 amide bonds.